The van der Waals surface area contributed by atoms with Gasteiger partial charge in [-0.1, -0.05) is 13.8 Å². The molecule has 1 aliphatic carbocycles. The number of nitrogens with one attached hydrogen (secondary N) is 1. The summed E-state index contributed by atoms with van der Waals surface area (Å²) in [5.41, 5.74) is 1.08. The predicted octanol–water partition coefficient (Wildman–Crippen LogP) is 3.55. The number of aromatic amines is 1. The van der Waals surface area contributed by atoms with Gasteiger partial charge in [0.1, 0.15) is 5.82 Å². The maximum atomic E-state index is 12.1. The molecule has 2 heterocycles. The third kappa shape index (κ3) is 3.00. The van der Waals surface area contributed by atoms with E-state index < -0.39 is 0 Å². The highest BCUT2D eigenvalue weighted by Gasteiger charge is 2.32. The summed E-state index contributed by atoms with van der Waals surface area (Å²) in [5, 5.41) is 1.62. The molecule has 2 fully saturated rings. The van der Waals surface area contributed by atoms with Gasteiger partial charge in [0.2, 0.25) is 0 Å². The largest absolute Gasteiger partial charge is 0.309 e. The van der Waals surface area contributed by atoms with Crippen LogP contribution in [-0.4, -0.2) is 26.2 Å². The van der Waals surface area contributed by atoms with Gasteiger partial charge < -0.3 is 4.98 Å². The van der Waals surface area contributed by atoms with Crippen LogP contribution < -0.4 is 5.56 Å². The monoisotopic (exact) mass is 408 g/mol. The van der Waals surface area contributed by atoms with Gasteiger partial charge in [-0.3, -0.25) is 4.79 Å². The summed E-state index contributed by atoms with van der Waals surface area (Å²) < 4.78 is 0.790. The number of hydrogen-bond donors (Lipinski definition) is 1. The molecule has 0 bridgehead atoms. The molecular weight excluding hydrogens is 391 g/mol. The van der Waals surface area contributed by atoms with E-state index >= 15 is 0 Å². The summed E-state index contributed by atoms with van der Waals surface area (Å²) in [4.78, 5) is 19.8. The molecule has 6 heteroatoms. The second-order valence-corrected chi connectivity index (χ2v) is 9.37. The highest BCUT2D eigenvalue weighted by Crippen LogP contribution is 2.44. The van der Waals surface area contributed by atoms with Crippen LogP contribution >= 0.6 is 46.1 Å². The Hall–Kier alpha value is 0.310. The summed E-state index contributed by atoms with van der Waals surface area (Å²) in [7, 11) is 0. The van der Waals surface area contributed by atoms with Gasteiger partial charge in [0, 0.05) is 22.2 Å². The molecule has 1 saturated heterocycles. The van der Waals surface area contributed by atoms with Crippen LogP contribution in [0.25, 0.3) is 0 Å². The summed E-state index contributed by atoms with van der Waals surface area (Å²) in [6.45, 7) is 4.54. The Labute approximate surface area is 135 Å². The van der Waals surface area contributed by atoms with Crippen molar-refractivity contribution in [2.75, 3.05) is 5.75 Å². The van der Waals surface area contributed by atoms with Crippen molar-refractivity contribution in [3.63, 3.8) is 0 Å². The van der Waals surface area contributed by atoms with Crippen molar-refractivity contribution in [3.05, 3.63) is 25.4 Å². The number of halogens is 1. The standard InChI is InChI=1S/C13H17IN2OS2/c1-6-7(2)19-9(5-18-6)12-15-11(8-3-4-8)10(14)13(17)16-12/h6-9H,3-5H2,1-2H3,(H,15,16,17). The Morgan fingerprint density at radius 1 is 1.32 bits per heavy atom. The van der Waals surface area contributed by atoms with Crippen LogP contribution in [0.2, 0.25) is 0 Å². The quantitative estimate of drug-likeness (QED) is 0.761. The van der Waals surface area contributed by atoms with Crippen molar-refractivity contribution in [1.29, 1.82) is 0 Å². The van der Waals surface area contributed by atoms with E-state index in [4.69, 9.17) is 4.98 Å². The topological polar surface area (TPSA) is 45.8 Å². The Morgan fingerprint density at radius 2 is 2.05 bits per heavy atom. The summed E-state index contributed by atoms with van der Waals surface area (Å²) in [5.74, 6) is 2.47. The second-order valence-electron chi connectivity index (χ2n) is 5.29. The molecule has 3 rings (SSSR count). The lowest BCUT2D eigenvalue weighted by atomic mass is 10.2. The zero-order valence-electron chi connectivity index (χ0n) is 11.0. The second kappa shape index (κ2) is 5.60. The van der Waals surface area contributed by atoms with E-state index in [1.165, 1.54) is 12.8 Å². The zero-order valence-corrected chi connectivity index (χ0v) is 14.8. The van der Waals surface area contributed by atoms with Gasteiger partial charge in [0.15, 0.2) is 0 Å². The van der Waals surface area contributed by atoms with Crippen LogP contribution in [0.3, 0.4) is 0 Å². The van der Waals surface area contributed by atoms with Crippen LogP contribution in [0.4, 0.5) is 0 Å². The first-order valence-corrected chi connectivity index (χ1v) is 9.70. The average Bonchev–Trinajstić information content (AvgIpc) is 3.20. The van der Waals surface area contributed by atoms with E-state index in [1.807, 2.05) is 23.5 Å². The van der Waals surface area contributed by atoms with Crippen LogP contribution in [0.5, 0.6) is 0 Å². The van der Waals surface area contributed by atoms with Crippen molar-refractivity contribution in [3.8, 4) is 0 Å². The van der Waals surface area contributed by atoms with Crippen molar-refractivity contribution < 1.29 is 0 Å². The van der Waals surface area contributed by atoms with Crippen molar-refractivity contribution in [1.82, 2.24) is 9.97 Å². The third-order valence-corrected chi connectivity index (χ3v) is 8.17. The molecule has 1 saturated carbocycles. The summed E-state index contributed by atoms with van der Waals surface area (Å²) >= 11 is 6.07. The number of nitrogens with zero attached hydrogens (tertiary/aromatic N) is 1. The maximum absolute atomic E-state index is 12.1. The summed E-state index contributed by atoms with van der Waals surface area (Å²) in [6, 6.07) is 0. The first-order chi connectivity index (χ1) is 9.06. The fourth-order valence-corrected chi connectivity index (χ4v) is 5.76. The molecule has 0 spiro atoms. The van der Waals surface area contributed by atoms with Gasteiger partial charge in [-0.2, -0.15) is 11.8 Å². The lowest BCUT2D eigenvalue weighted by Gasteiger charge is -2.30. The molecule has 3 atom stereocenters. The van der Waals surface area contributed by atoms with Crippen LogP contribution in [0.1, 0.15) is 49.4 Å². The lowest BCUT2D eigenvalue weighted by Crippen LogP contribution is -2.26. The van der Waals surface area contributed by atoms with Crippen LogP contribution in [-0.2, 0) is 0 Å². The molecule has 19 heavy (non-hydrogen) atoms. The smallest absolute Gasteiger partial charge is 0.264 e. The minimum absolute atomic E-state index is 0.0457. The Morgan fingerprint density at radius 3 is 2.68 bits per heavy atom. The van der Waals surface area contributed by atoms with E-state index in [-0.39, 0.29) is 5.56 Å². The van der Waals surface area contributed by atoms with Crippen LogP contribution in [0.15, 0.2) is 4.79 Å². The molecule has 1 aromatic heterocycles. The van der Waals surface area contributed by atoms with E-state index in [9.17, 15) is 4.79 Å². The number of rotatable bonds is 2. The molecule has 1 aliphatic heterocycles. The fraction of sp³-hybridized carbons (Fsp3) is 0.692. The molecule has 3 unspecified atom stereocenters. The van der Waals surface area contributed by atoms with E-state index in [2.05, 4.69) is 41.4 Å². The molecule has 3 nitrogen and oxygen atoms in total. The molecule has 1 aromatic rings. The Kier molecular flexibility index (Phi) is 4.20. The van der Waals surface area contributed by atoms with Crippen molar-refractivity contribution >= 4 is 46.1 Å². The van der Waals surface area contributed by atoms with Gasteiger partial charge in [-0.15, -0.1) is 11.8 Å². The van der Waals surface area contributed by atoms with E-state index in [1.54, 1.807) is 0 Å². The number of aromatic nitrogens is 2. The van der Waals surface area contributed by atoms with Gasteiger partial charge >= 0.3 is 0 Å². The summed E-state index contributed by atoms with van der Waals surface area (Å²) in [6.07, 6.45) is 2.37. The molecule has 0 aromatic carbocycles. The molecule has 0 amide bonds. The fourth-order valence-electron chi connectivity index (χ4n) is 2.20. The van der Waals surface area contributed by atoms with E-state index in [0.29, 0.717) is 21.7 Å². The van der Waals surface area contributed by atoms with Gasteiger partial charge in [0.05, 0.1) is 14.5 Å². The first kappa shape index (κ1) is 14.3. The SMILES string of the molecule is CC1SCC(c2nc(C3CC3)c(I)c(=O)[nH]2)SC1C. The number of H-pyrrole nitrogens is 1. The lowest BCUT2D eigenvalue weighted by molar-refractivity contribution is 0.823. The Balaban J connectivity index is 1.90. The predicted molar refractivity (Wildman–Crippen MR) is 91.3 cm³/mol. The minimum Gasteiger partial charge on any atom is -0.309 e. The third-order valence-electron chi connectivity index (χ3n) is 3.73. The van der Waals surface area contributed by atoms with Gasteiger partial charge in [-0.25, -0.2) is 4.98 Å². The molecule has 2 aliphatic rings. The minimum atomic E-state index is 0.0457. The highest BCUT2D eigenvalue weighted by molar-refractivity contribution is 14.1. The first-order valence-electron chi connectivity index (χ1n) is 6.63. The maximum Gasteiger partial charge on any atom is 0.264 e. The molecular formula is C13H17IN2OS2. The zero-order chi connectivity index (χ0) is 13.6. The van der Waals surface area contributed by atoms with Gasteiger partial charge in [0.25, 0.3) is 5.56 Å². The van der Waals surface area contributed by atoms with Crippen molar-refractivity contribution in [2.24, 2.45) is 0 Å². The Bertz CT molecular complexity index is 544. The molecule has 1 N–H and O–H groups in total. The normalized spacial score (nSPS) is 31.4. The number of thioether (sulfide) groups is 2. The van der Waals surface area contributed by atoms with Crippen molar-refractivity contribution in [2.45, 2.75) is 48.4 Å². The molecule has 0 radical (unpaired) electrons. The average molecular weight is 408 g/mol. The van der Waals surface area contributed by atoms with Crippen LogP contribution in [0, 0.1) is 3.57 Å². The molecule has 104 valence electrons. The van der Waals surface area contributed by atoms with E-state index in [0.717, 1.165) is 20.8 Å². The number of hydrogen-bond acceptors (Lipinski definition) is 4. The highest BCUT2D eigenvalue weighted by atomic mass is 127. The van der Waals surface area contributed by atoms with Gasteiger partial charge in [-0.05, 0) is 35.4 Å².